The highest BCUT2D eigenvalue weighted by Gasteiger charge is 2.42. The smallest absolute Gasteiger partial charge is 0.255 e. The fraction of sp³-hybridized carbons (Fsp3) is 0.469. The van der Waals surface area contributed by atoms with Crippen molar-refractivity contribution < 1.29 is 19.2 Å². The van der Waals surface area contributed by atoms with Crippen LogP contribution < -0.4 is 5.32 Å². The van der Waals surface area contributed by atoms with Crippen LogP contribution in [-0.4, -0.2) is 76.6 Å². The Morgan fingerprint density at radius 3 is 2.48 bits per heavy atom. The molecule has 4 amide bonds. The van der Waals surface area contributed by atoms with Crippen molar-refractivity contribution in [1.29, 1.82) is 5.26 Å². The molecule has 4 aliphatic heterocycles. The molecule has 0 bridgehead atoms. The third kappa shape index (κ3) is 5.18. The summed E-state index contributed by atoms with van der Waals surface area (Å²) in [4.78, 5) is 56.2. The van der Waals surface area contributed by atoms with Crippen molar-refractivity contribution in [2.24, 2.45) is 0 Å². The number of imide groups is 1. The van der Waals surface area contributed by atoms with Gasteiger partial charge in [0.15, 0.2) is 0 Å². The molecular formula is C32H34ClN5O4. The Balaban J connectivity index is 1.02. The topological polar surface area (TPSA) is 114 Å². The van der Waals surface area contributed by atoms with Gasteiger partial charge >= 0.3 is 0 Å². The van der Waals surface area contributed by atoms with Crippen LogP contribution in [0.2, 0.25) is 5.02 Å². The highest BCUT2D eigenvalue weighted by Crippen LogP contribution is 2.36. The quantitative estimate of drug-likeness (QED) is 0.498. The Morgan fingerprint density at radius 1 is 1.05 bits per heavy atom. The lowest BCUT2D eigenvalue weighted by molar-refractivity contribution is -0.143. The maximum Gasteiger partial charge on any atom is 0.255 e. The van der Waals surface area contributed by atoms with Crippen LogP contribution in [0.1, 0.15) is 65.6 Å². The number of aryl methyl sites for hydroxylation is 1. The van der Waals surface area contributed by atoms with E-state index in [-0.39, 0.29) is 30.2 Å². The molecule has 0 spiro atoms. The SMILES string of the molecule is N#CC1(c2ccc(Cl)cc2)CCN(C(=O)C2CCN2CCCc2cccc3c2CN(C2CCC(=O)NC2=O)C3=O)CC1. The van der Waals surface area contributed by atoms with Gasteiger partial charge in [-0.2, -0.15) is 5.26 Å². The van der Waals surface area contributed by atoms with E-state index < -0.39 is 17.4 Å². The van der Waals surface area contributed by atoms with Gasteiger partial charge in [0.05, 0.1) is 17.5 Å². The maximum atomic E-state index is 13.4. The Hall–Kier alpha value is -3.74. The van der Waals surface area contributed by atoms with Crippen molar-refractivity contribution in [3.63, 3.8) is 0 Å². The molecule has 0 aliphatic carbocycles. The van der Waals surface area contributed by atoms with Crippen molar-refractivity contribution in [3.8, 4) is 6.07 Å². The standard InChI is InChI=1S/C32H34ClN5O4/c33-23-8-6-22(7-9-23)32(20-34)13-17-37(18-14-32)31(42)27-12-16-36(27)15-2-4-21-3-1-5-24-25(21)19-38(30(24)41)26-10-11-28(39)35-29(26)40/h1,3,5-9,26-27H,2,4,10-19H2,(H,35,39,40). The largest absolute Gasteiger partial charge is 0.341 e. The molecule has 218 valence electrons. The molecular weight excluding hydrogens is 554 g/mol. The number of carbonyl (C=O) groups is 4. The summed E-state index contributed by atoms with van der Waals surface area (Å²) in [5.41, 5.74) is 3.04. The van der Waals surface area contributed by atoms with Crippen LogP contribution >= 0.6 is 11.6 Å². The van der Waals surface area contributed by atoms with Gasteiger partial charge in [0, 0.05) is 43.2 Å². The number of hydrogen-bond acceptors (Lipinski definition) is 6. The van der Waals surface area contributed by atoms with Crippen molar-refractivity contribution in [3.05, 3.63) is 69.7 Å². The first-order valence-electron chi connectivity index (χ1n) is 14.8. The lowest BCUT2D eigenvalue weighted by atomic mass is 9.74. The number of amides is 4. The van der Waals surface area contributed by atoms with Gasteiger partial charge in [0.1, 0.15) is 6.04 Å². The summed E-state index contributed by atoms with van der Waals surface area (Å²) >= 11 is 6.04. The van der Waals surface area contributed by atoms with Crippen molar-refractivity contribution in [1.82, 2.24) is 20.0 Å². The number of nitriles is 1. The minimum Gasteiger partial charge on any atom is -0.341 e. The second-order valence-electron chi connectivity index (χ2n) is 11.8. The second-order valence-corrected chi connectivity index (χ2v) is 12.2. The molecule has 2 aromatic rings. The predicted molar refractivity (Wildman–Crippen MR) is 155 cm³/mol. The molecule has 3 fully saturated rings. The summed E-state index contributed by atoms with van der Waals surface area (Å²) in [5, 5.41) is 13.0. The molecule has 0 saturated carbocycles. The van der Waals surface area contributed by atoms with Crippen molar-refractivity contribution in [2.45, 2.75) is 69.0 Å². The predicted octanol–water partition coefficient (Wildman–Crippen LogP) is 3.19. The second kappa shape index (κ2) is 11.5. The normalized spacial score (nSPS) is 23.7. The highest BCUT2D eigenvalue weighted by atomic mass is 35.5. The summed E-state index contributed by atoms with van der Waals surface area (Å²) in [6.07, 6.45) is 4.26. The molecule has 6 rings (SSSR count). The first kappa shape index (κ1) is 28.4. The van der Waals surface area contributed by atoms with Crippen molar-refractivity contribution in [2.75, 3.05) is 26.2 Å². The zero-order valence-corrected chi connectivity index (χ0v) is 24.2. The molecule has 10 heteroatoms. The third-order valence-corrected chi connectivity index (χ3v) is 9.78. The lowest BCUT2D eigenvalue weighted by Gasteiger charge is -2.45. The van der Waals surface area contributed by atoms with Gasteiger partial charge in [-0.05, 0) is 80.0 Å². The van der Waals surface area contributed by atoms with Gasteiger partial charge in [-0.1, -0.05) is 35.9 Å². The first-order chi connectivity index (χ1) is 20.3. The Morgan fingerprint density at radius 2 is 1.81 bits per heavy atom. The summed E-state index contributed by atoms with van der Waals surface area (Å²) in [5.74, 6) is -0.709. The van der Waals surface area contributed by atoms with Gasteiger partial charge in [-0.15, -0.1) is 0 Å². The number of halogens is 1. The molecule has 0 aromatic heterocycles. The Kier molecular flexibility index (Phi) is 7.77. The number of fused-ring (bicyclic) bond motifs is 1. The van der Waals surface area contributed by atoms with E-state index in [1.807, 2.05) is 47.4 Å². The Labute approximate surface area is 250 Å². The van der Waals surface area contributed by atoms with Gasteiger partial charge in [-0.3, -0.25) is 29.4 Å². The number of carbonyl (C=O) groups excluding carboxylic acids is 4. The van der Waals surface area contributed by atoms with Gasteiger partial charge in [0.25, 0.3) is 5.91 Å². The maximum absolute atomic E-state index is 13.4. The summed E-state index contributed by atoms with van der Waals surface area (Å²) < 4.78 is 0. The van der Waals surface area contributed by atoms with E-state index in [9.17, 15) is 24.4 Å². The molecule has 3 saturated heterocycles. The van der Waals surface area contributed by atoms with Crippen molar-refractivity contribution >= 4 is 35.2 Å². The molecule has 1 N–H and O–H groups in total. The van der Waals surface area contributed by atoms with E-state index >= 15 is 0 Å². The highest BCUT2D eigenvalue weighted by molar-refractivity contribution is 6.30. The average Bonchev–Trinajstić information content (AvgIpc) is 3.31. The molecule has 42 heavy (non-hydrogen) atoms. The minimum absolute atomic E-state index is 0.124. The molecule has 2 atom stereocenters. The van der Waals surface area contributed by atoms with E-state index in [4.69, 9.17) is 11.6 Å². The van der Waals surface area contributed by atoms with E-state index in [1.165, 1.54) is 0 Å². The number of rotatable bonds is 7. The molecule has 4 heterocycles. The number of piperidine rings is 2. The van der Waals surface area contributed by atoms with Crippen LogP contribution in [0.15, 0.2) is 42.5 Å². The third-order valence-electron chi connectivity index (χ3n) is 9.53. The van der Waals surface area contributed by atoms with Gasteiger partial charge in [0.2, 0.25) is 17.7 Å². The van der Waals surface area contributed by atoms with Crippen LogP contribution in [0.4, 0.5) is 0 Å². The van der Waals surface area contributed by atoms with Gasteiger partial charge < -0.3 is 9.80 Å². The van der Waals surface area contributed by atoms with E-state index in [0.717, 1.165) is 49.0 Å². The van der Waals surface area contributed by atoms with Crippen LogP contribution in [0.3, 0.4) is 0 Å². The van der Waals surface area contributed by atoms with Crippen LogP contribution in [0.25, 0.3) is 0 Å². The van der Waals surface area contributed by atoms with Gasteiger partial charge in [-0.25, -0.2) is 0 Å². The zero-order chi connectivity index (χ0) is 29.4. The van der Waals surface area contributed by atoms with Crippen LogP contribution in [-0.2, 0) is 32.8 Å². The number of nitrogens with zero attached hydrogens (tertiary/aromatic N) is 4. The number of hydrogen-bond donors (Lipinski definition) is 1. The fourth-order valence-corrected chi connectivity index (χ4v) is 7.02. The van der Waals surface area contributed by atoms with Crippen LogP contribution in [0, 0.1) is 11.3 Å². The molecule has 2 aromatic carbocycles. The lowest BCUT2D eigenvalue weighted by Crippen LogP contribution is -2.58. The zero-order valence-electron chi connectivity index (χ0n) is 23.5. The van der Waals surface area contributed by atoms with E-state index in [0.29, 0.717) is 49.5 Å². The molecule has 2 unspecified atom stereocenters. The number of benzene rings is 2. The molecule has 9 nitrogen and oxygen atoms in total. The number of likely N-dealkylation sites (tertiary alicyclic amines) is 2. The summed E-state index contributed by atoms with van der Waals surface area (Å²) in [7, 11) is 0. The number of nitrogens with one attached hydrogen (secondary N) is 1. The summed E-state index contributed by atoms with van der Waals surface area (Å²) in [6, 6.07) is 15.0. The Bertz CT molecular complexity index is 1460. The molecule has 0 radical (unpaired) electrons. The average molecular weight is 588 g/mol. The molecule has 4 aliphatic rings. The van der Waals surface area contributed by atoms with E-state index in [2.05, 4.69) is 16.3 Å². The van der Waals surface area contributed by atoms with E-state index in [1.54, 1.807) is 4.90 Å². The van der Waals surface area contributed by atoms with Crippen LogP contribution in [0.5, 0.6) is 0 Å². The summed E-state index contributed by atoms with van der Waals surface area (Å²) in [6.45, 7) is 3.16. The minimum atomic E-state index is -0.623. The monoisotopic (exact) mass is 587 g/mol. The fourth-order valence-electron chi connectivity index (χ4n) is 6.90. The first-order valence-corrected chi connectivity index (χ1v) is 15.1.